The Bertz CT molecular complexity index is 570. The number of amides is 2. The quantitative estimate of drug-likeness (QED) is 0.857. The zero-order chi connectivity index (χ0) is 16.1. The van der Waals surface area contributed by atoms with Gasteiger partial charge in [-0.05, 0) is 30.4 Å². The molecular weight excluding hydrogens is 304 g/mol. The molecule has 2 amide bonds. The predicted molar refractivity (Wildman–Crippen MR) is 82.6 cm³/mol. The third-order valence-electron chi connectivity index (χ3n) is 3.77. The number of rotatable bonds is 6. The van der Waals surface area contributed by atoms with Crippen molar-refractivity contribution in [3.8, 4) is 0 Å². The molecule has 0 saturated carbocycles. The fourth-order valence-corrected chi connectivity index (χ4v) is 3.42. The smallest absolute Gasteiger partial charge is 0.323 e. The van der Waals surface area contributed by atoms with Gasteiger partial charge in [0.15, 0.2) is 0 Å². The van der Waals surface area contributed by atoms with E-state index < -0.39 is 5.97 Å². The van der Waals surface area contributed by atoms with Gasteiger partial charge in [0.05, 0.1) is 0 Å². The normalized spacial score (nSPS) is 13.6. The van der Waals surface area contributed by atoms with E-state index in [-0.39, 0.29) is 31.2 Å². The average Bonchev–Trinajstić information content (AvgIpc) is 2.97. The maximum atomic E-state index is 12.2. The third-order valence-corrected chi connectivity index (χ3v) is 4.80. The number of hydrogen-bond acceptors (Lipinski definition) is 4. The summed E-state index contributed by atoms with van der Waals surface area (Å²) in [7, 11) is 0. The molecule has 0 atom stereocenters. The van der Waals surface area contributed by atoms with Gasteiger partial charge in [-0.15, -0.1) is 11.3 Å². The standard InChI is InChI=1S/C15H20N2O4S/c1-2-16(10-15(20)21)13(18)3-4-14(19)17-7-5-12-11(9-17)6-8-22-12/h6,8H,2-5,7,9-10H2,1H3,(H,20,21). The monoisotopic (exact) mass is 324 g/mol. The Hall–Kier alpha value is -1.89. The second-order valence-electron chi connectivity index (χ2n) is 5.24. The Morgan fingerprint density at radius 3 is 2.82 bits per heavy atom. The highest BCUT2D eigenvalue weighted by Gasteiger charge is 2.23. The average molecular weight is 324 g/mol. The summed E-state index contributed by atoms with van der Waals surface area (Å²) in [5.41, 5.74) is 1.19. The van der Waals surface area contributed by atoms with E-state index in [1.807, 2.05) is 11.4 Å². The van der Waals surface area contributed by atoms with Crippen LogP contribution in [-0.4, -0.2) is 52.3 Å². The van der Waals surface area contributed by atoms with Crippen LogP contribution in [0.25, 0.3) is 0 Å². The summed E-state index contributed by atoms with van der Waals surface area (Å²) in [6.07, 6.45) is 1.06. The van der Waals surface area contributed by atoms with Crippen LogP contribution in [0.2, 0.25) is 0 Å². The van der Waals surface area contributed by atoms with Gasteiger partial charge in [0.1, 0.15) is 6.54 Å². The SMILES string of the molecule is CCN(CC(=O)O)C(=O)CCC(=O)N1CCc2sccc2C1. The first-order chi connectivity index (χ1) is 10.5. The Morgan fingerprint density at radius 2 is 2.14 bits per heavy atom. The summed E-state index contributed by atoms with van der Waals surface area (Å²) in [6.45, 7) is 3.05. The number of nitrogens with zero attached hydrogens (tertiary/aromatic N) is 2. The highest BCUT2D eigenvalue weighted by Crippen LogP contribution is 2.24. The zero-order valence-corrected chi connectivity index (χ0v) is 13.4. The molecule has 0 unspecified atom stereocenters. The zero-order valence-electron chi connectivity index (χ0n) is 12.6. The second-order valence-corrected chi connectivity index (χ2v) is 6.24. The number of fused-ring (bicyclic) bond motifs is 1. The van der Waals surface area contributed by atoms with Gasteiger partial charge < -0.3 is 14.9 Å². The Labute approximate surface area is 133 Å². The molecule has 6 nitrogen and oxygen atoms in total. The number of carbonyl (C=O) groups excluding carboxylic acids is 2. The molecule has 1 N–H and O–H groups in total. The minimum atomic E-state index is -1.04. The topological polar surface area (TPSA) is 77.9 Å². The fraction of sp³-hybridized carbons (Fsp3) is 0.533. The van der Waals surface area contributed by atoms with Crippen LogP contribution in [-0.2, 0) is 27.3 Å². The van der Waals surface area contributed by atoms with Gasteiger partial charge in [-0.1, -0.05) is 0 Å². The van der Waals surface area contributed by atoms with Crippen LogP contribution < -0.4 is 0 Å². The summed E-state index contributed by atoms with van der Waals surface area (Å²) < 4.78 is 0. The van der Waals surface area contributed by atoms with Crippen LogP contribution in [0.4, 0.5) is 0 Å². The van der Waals surface area contributed by atoms with Crippen molar-refractivity contribution in [2.24, 2.45) is 0 Å². The van der Waals surface area contributed by atoms with Crippen LogP contribution in [0, 0.1) is 0 Å². The molecule has 1 aromatic rings. The molecule has 0 aliphatic carbocycles. The summed E-state index contributed by atoms with van der Waals surface area (Å²) in [6, 6.07) is 2.04. The first kappa shape index (κ1) is 16.5. The van der Waals surface area contributed by atoms with E-state index in [9.17, 15) is 14.4 Å². The molecule has 0 saturated heterocycles. The highest BCUT2D eigenvalue weighted by molar-refractivity contribution is 7.10. The van der Waals surface area contributed by atoms with Crippen LogP contribution in [0.5, 0.6) is 0 Å². The van der Waals surface area contributed by atoms with Crippen molar-refractivity contribution in [2.45, 2.75) is 32.7 Å². The molecule has 1 aliphatic rings. The minimum Gasteiger partial charge on any atom is -0.480 e. The summed E-state index contributed by atoms with van der Waals surface area (Å²) in [5.74, 6) is -1.37. The lowest BCUT2D eigenvalue weighted by Crippen LogP contribution is -2.38. The van der Waals surface area contributed by atoms with Crippen LogP contribution in [0.3, 0.4) is 0 Å². The van der Waals surface area contributed by atoms with Crippen molar-refractivity contribution in [1.82, 2.24) is 9.80 Å². The number of hydrogen-bond donors (Lipinski definition) is 1. The van der Waals surface area contributed by atoms with Crippen molar-refractivity contribution in [3.63, 3.8) is 0 Å². The number of thiophene rings is 1. The number of carboxylic acid groups (broad SMARTS) is 1. The highest BCUT2D eigenvalue weighted by atomic mass is 32.1. The van der Waals surface area contributed by atoms with Gasteiger partial charge in [-0.25, -0.2) is 0 Å². The second kappa shape index (κ2) is 7.40. The minimum absolute atomic E-state index is 0.0448. The lowest BCUT2D eigenvalue weighted by Gasteiger charge is -2.27. The molecule has 22 heavy (non-hydrogen) atoms. The largest absolute Gasteiger partial charge is 0.480 e. The lowest BCUT2D eigenvalue weighted by molar-refractivity contribution is -0.145. The van der Waals surface area contributed by atoms with Crippen LogP contribution >= 0.6 is 11.3 Å². The molecule has 0 spiro atoms. The van der Waals surface area contributed by atoms with Crippen LogP contribution in [0.15, 0.2) is 11.4 Å². The summed E-state index contributed by atoms with van der Waals surface area (Å²) >= 11 is 1.72. The van der Waals surface area contributed by atoms with Crippen LogP contribution in [0.1, 0.15) is 30.2 Å². The molecule has 0 radical (unpaired) electrons. The molecule has 0 fully saturated rings. The number of aliphatic carboxylic acids is 1. The summed E-state index contributed by atoms with van der Waals surface area (Å²) in [5, 5.41) is 10.8. The Morgan fingerprint density at radius 1 is 1.36 bits per heavy atom. The molecule has 1 aliphatic heterocycles. The van der Waals surface area contributed by atoms with E-state index in [1.54, 1.807) is 23.2 Å². The van der Waals surface area contributed by atoms with Gasteiger partial charge in [0, 0.05) is 37.4 Å². The molecule has 0 aromatic carbocycles. The molecular formula is C15H20N2O4S. The predicted octanol–water partition coefficient (Wildman–Crippen LogP) is 1.35. The molecule has 7 heteroatoms. The number of likely N-dealkylation sites (N-methyl/N-ethyl adjacent to an activating group) is 1. The van der Waals surface area contributed by atoms with Gasteiger partial charge >= 0.3 is 5.97 Å². The van der Waals surface area contributed by atoms with Crippen molar-refractivity contribution < 1.29 is 19.5 Å². The summed E-state index contributed by atoms with van der Waals surface area (Å²) in [4.78, 5) is 39.2. The first-order valence-electron chi connectivity index (χ1n) is 7.33. The van der Waals surface area contributed by atoms with Crippen molar-refractivity contribution in [1.29, 1.82) is 0 Å². The molecule has 2 rings (SSSR count). The fourth-order valence-electron chi connectivity index (χ4n) is 2.53. The van der Waals surface area contributed by atoms with E-state index in [0.29, 0.717) is 19.6 Å². The molecule has 120 valence electrons. The van der Waals surface area contributed by atoms with E-state index in [2.05, 4.69) is 0 Å². The maximum Gasteiger partial charge on any atom is 0.323 e. The molecule has 2 heterocycles. The van der Waals surface area contributed by atoms with E-state index in [1.165, 1.54) is 15.3 Å². The Balaban J connectivity index is 1.83. The maximum absolute atomic E-state index is 12.2. The van der Waals surface area contributed by atoms with Crippen molar-refractivity contribution in [3.05, 3.63) is 21.9 Å². The lowest BCUT2D eigenvalue weighted by atomic mass is 10.1. The first-order valence-corrected chi connectivity index (χ1v) is 8.21. The van der Waals surface area contributed by atoms with Crippen molar-refractivity contribution in [2.75, 3.05) is 19.6 Å². The van der Waals surface area contributed by atoms with Gasteiger partial charge in [-0.2, -0.15) is 0 Å². The van der Waals surface area contributed by atoms with Gasteiger partial charge in [-0.3, -0.25) is 14.4 Å². The van der Waals surface area contributed by atoms with E-state index >= 15 is 0 Å². The van der Waals surface area contributed by atoms with E-state index in [0.717, 1.165) is 6.42 Å². The number of carbonyl (C=O) groups is 3. The van der Waals surface area contributed by atoms with Gasteiger partial charge in [0.2, 0.25) is 11.8 Å². The number of carboxylic acids is 1. The third kappa shape index (κ3) is 4.07. The van der Waals surface area contributed by atoms with Gasteiger partial charge in [0.25, 0.3) is 0 Å². The molecule has 0 bridgehead atoms. The molecule has 1 aromatic heterocycles. The Kier molecular flexibility index (Phi) is 5.54. The van der Waals surface area contributed by atoms with Crippen molar-refractivity contribution >= 4 is 29.1 Å². The van der Waals surface area contributed by atoms with E-state index in [4.69, 9.17) is 5.11 Å².